The summed E-state index contributed by atoms with van der Waals surface area (Å²) >= 11 is 0. The van der Waals surface area contributed by atoms with Crippen LogP contribution >= 0.6 is 0 Å². The molecule has 106 valence electrons. The Labute approximate surface area is 115 Å². The summed E-state index contributed by atoms with van der Waals surface area (Å²) in [5.41, 5.74) is 0. The van der Waals surface area contributed by atoms with Gasteiger partial charge in [-0.05, 0) is 24.7 Å². The van der Waals surface area contributed by atoms with Crippen LogP contribution in [-0.4, -0.2) is 49.8 Å². The first kappa shape index (κ1) is 14.1. The van der Waals surface area contributed by atoms with E-state index < -0.39 is 0 Å². The Kier molecular flexibility index (Phi) is 3.97. The van der Waals surface area contributed by atoms with Crippen molar-refractivity contribution in [2.75, 3.05) is 28.2 Å². The lowest BCUT2D eigenvalue weighted by molar-refractivity contribution is -0.147. The molecule has 0 aromatic heterocycles. The quantitative estimate of drug-likeness (QED) is 0.707. The molecule has 3 aliphatic rings. The average molecular weight is 264 g/mol. The summed E-state index contributed by atoms with van der Waals surface area (Å²) in [6.07, 6.45) is 7.49. The smallest absolute Gasteiger partial charge is 0.226 e. The van der Waals surface area contributed by atoms with Gasteiger partial charge >= 0.3 is 0 Å². The van der Waals surface area contributed by atoms with Crippen LogP contribution in [0.5, 0.6) is 0 Å². The van der Waals surface area contributed by atoms with E-state index in [9.17, 15) is 9.59 Å². The van der Waals surface area contributed by atoms with Crippen LogP contribution in [-0.2, 0) is 9.59 Å². The number of nitrogens with zero attached hydrogens (tertiary/aromatic N) is 2. The van der Waals surface area contributed by atoms with Crippen molar-refractivity contribution in [1.29, 1.82) is 0 Å². The highest BCUT2D eigenvalue weighted by molar-refractivity contribution is 5.88. The van der Waals surface area contributed by atoms with Crippen molar-refractivity contribution >= 4 is 11.8 Å². The second-order valence-electron chi connectivity index (χ2n) is 6.16. The number of hydrogen-bond donors (Lipinski definition) is 0. The molecule has 2 amide bonds. The van der Waals surface area contributed by atoms with Gasteiger partial charge in [-0.3, -0.25) is 9.59 Å². The van der Waals surface area contributed by atoms with Crippen LogP contribution in [0.2, 0.25) is 0 Å². The van der Waals surface area contributed by atoms with Gasteiger partial charge in [-0.2, -0.15) is 0 Å². The predicted molar refractivity (Wildman–Crippen MR) is 74.3 cm³/mol. The number of carbonyl (C=O) groups excluding carboxylic acids is 2. The van der Waals surface area contributed by atoms with Gasteiger partial charge in [-0.15, -0.1) is 0 Å². The molecule has 4 atom stereocenters. The van der Waals surface area contributed by atoms with Crippen LogP contribution < -0.4 is 0 Å². The Morgan fingerprint density at radius 1 is 0.842 bits per heavy atom. The largest absolute Gasteiger partial charge is 0.349 e. The van der Waals surface area contributed by atoms with E-state index in [4.69, 9.17) is 0 Å². The lowest BCUT2D eigenvalue weighted by atomic mass is 9.70. The van der Waals surface area contributed by atoms with Gasteiger partial charge in [0.2, 0.25) is 11.8 Å². The molecule has 0 aromatic rings. The molecule has 4 nitrogen and oxygen atoms in total. The molecule has 3 aliphatic carbocycles. The van der Waals surface area contributed by atoms with Gasteiger partial charge in [0, 0.05) is 28.2 Å². The minimum atomic E-state index is -0.178. The van der Waals surface area contributed by atoms with Gasteiger partial charge in [0.1, 0.15) is 0 Å². The van der Waals surface area contributed by atoms with Crippen LogP contribution in [0.3, 0.4) is 0 Å². The highest BCUT2D eigenvalue weighted by Gasteiger charge is 2.47. The molecule has 0 aromatic carbocycles. The molecule has 19 heavy (non-hydrogen) atoms. The minimum absolute atomic E-state index is 0.0986. The Morgan fingerprint density at radius 2 is 1.21 bits per heavy atom. The molecule has 4 heteroatoms. The maximum atomic E-state index is 12.5. The second-order valence-corrected chi connectivity index (χ2v) is 6.16. The van der Waals surface area contributed by atoms with Crippen LogP contribution in [0.15, 0.2) is 12.2 Å². The van der Waals surface area contributed by atoms with Crippen molar-refractivity contribution in [3.8, 4) is 0 Å². The molecule has 3 rings (SSSR count). The van der Waals surface area contributed by atoms with Gasteiger partial charge in [-0.25, -0.2) is 0 Å². The van der Waals surface area contributed by atoms with E-state index in [1.807, 2.05) is 0 Å². The molecule has 0 heterocycles. The summed E-state index contributed by atoms with van der Waals surface area (Å²) in [5.74, 6) is 0.290. The van der Waals surface area contributed by atoms with E-state index in [2.05, 4.69) is 12.2 Å². The van der Waals surface area contributed by atoms with E-state index in [-0.39, 0.29) is 35.5 Å². The first-order valence-corrected chi connectivity index (χ1v) is 7.04. The Hall–Kier alpha value is -1.32. The van der Waals surface area contributed by atoms with Crippen LogP contribution in [0, 0.1) is 23.7 Å². The number of allylic oxidation sites excluding steroid dienone is 2. The van der Waals surface area contributed by atoms with Gasteiger partial charge < -0.3 is 9.80 Å². The summed E-state index contributed by atoms with van der Waals surface area (Å²) in [6, 6.07) is 0. The highest BCUT2D eigenvalue weighted by atomic mass is 16.2. The van der Waals surface area contributed by atoms with Crippen molar-refractivity contribution in [2.24, 2.45) is 23.7 Å². The molecule has 1 fully saturated rings. The molecule has 0 unspecified atom stereocenters. The standard InChI is InChI=1S/C15H24N2O2/c1-16(2)14(18)12-10-6-5-7-11(9-8-10)13(12)15(19)17(3)4/h8-13H,5-7H2,1-4H3/t10-,11+,12+,13-. The Bertz CT molecular complexity index is 365. The zero-order valence-electron chi connectivity index (χ0n) is 12.3. The average Bonchev–Trinajstić information content (AvgIpc) is 2.69. The van der Waals surface area contributed by atoms with E-state index in [1.54, 1.807) is 38.0 Å². The fraction of sp³-hybridized carbons (Fsp3) is 0.733. The molecular weight excluding hydrogens is 240 g/mol. The topological polar surface area (TPSA) is 40.6 Å². The monoisotopic (exact) mass is 264 g/mol. The zero-order valence-corrected chi connectivity index (χ0v) is 12.3. The molecule has 0 spiro atoms. The van der Waals surface area contributed by atoms with Crippen LogP contribution in [0.1, 0.15) is 19.3 Å². The normalized spacial score (nSPS) is 32.8. The first-order chi connectivity index (χ1) is 8.93. The van der Waals surface area contributed by atoms with Crippen molar-refractivity contribution in [2.45, 2.75) is 19.3 Å². The van der Waals surface area contributed by atoms with Gasteiger partial charge in [0.05, 0.1) is 11.8 Å². The van der Waals surface area contributed by atoms with E-state index in [1.165, 1.54) is 0 Å². The van der Waals surface area contributed by atoms with Crippen LogP contribution in [0.4, 0.5) is 0 Å². The maximum absolute atomic E-state index is 12.5. The number of rotatable bonds is 2. The van der Waals surface area contributed by atoms with E-state index in [0.29, 0.717) is 0 Å². The Balaban J connectivity index is 2.37. The van der Waals surface area contributed by atoms with Crippen molar-refractivity contribution < 1.29 is 9.59 Å². The number of carbonyl (C=O) groups is 2. The fourth-order valence-corrected chi connectivity index (χ4v) is 3.47. The molecule has 0 saturated heterocycles. The minimum Gasteiger partial charge on any atom is -0.349 e. The van der Waals surface area contributed by atoms with Gasteiger partial charge in [0.15, 0.2) is 0 Å². The van der Waals surface area contributed by atoms with Crippen molar-refractivity contribution in [3.63, 3.8) is 0 Å². The molecule has 1 saturated carbocycles. The third-order valence-electron chi connectivity index (χ3n) is 4.44. The predicted octanol–water partition coefficient (Wildman–Crippen LogP) is 1.38. The van der Waals surface area contributed by atoms with Crippen molar-refractivity contribution in [1.82, 2.24) is 9.80 Å². The Morgan fingerprint density at radius 3 is 1.53 bits per heavy atom. The van der Waals surface area contributed by atoms with E-state index >= 15 is 0 Å². The summed E-state index contributed by atoms with van der Waals surface area (Å²) < 4.78 is 0. The SMILES string of the molecule is CN(C)C(=O)[C@@H]1[C@H](C(=O)N(C)C)[C@@H]2C=C[C@H]1CCC2. The summed E-state index contributed by atoms with van der Waals surface area (Å²) in [7, 11) is 7.12. The summed E-state index contributed by atoms with van der Waals surface area (Å²) in [4.78, 5) is 28.3. The summed E-state index contributed by atoms with van der Waals surface area (Å²) in [6.45, 7) is 0. The third kappa shape index (κ3) is 2.53. The lowest BCUT2D eigenvalue weighted by Gasteiger charge is -2.37. The molecule has 2 bridgehead atoms. The summed E-state index contributed by atoms with van der Waals surface area (Å²) in [5, 5.41) is 0. The molecule has 0 N–H and O–H groups in total. The lowest BCUT2D eigenvalue weighted by Crippen LogP contribution is -2.47. The maximum Gasteiger partial charge on any atom is 0.226 e. The molecular formula is C15H24N2O2. The molecule has 0 aliphatic heterocycles. The van der Waals surface area contributed by atoms with E-state index in [0.717, 1.165) is 19.3 Å². The van der Waals surface area contributed by atoms with Crippen molar-refractivity contribution in [3.05, 3.63) is 12.2 Å². The number of fused-ring (bicyclic) bond motifs is 3. The third-order valence-corrected chi connectivity index (χ3v) is 4.44. The highest BCUT2D eigenvalue weighted by Crippen LogP contribution is 2.44. The molecule has 0 radical (unpaired) electrons. The first-order valence-electron chi connectivity index (χ1n) is 7.04. The van der Waals surface area contributed by atoms with Crippen LogP contribution in [0.25, 0.3) is 0 Å². The fourth-order valence-electron chi connectivity index (χ4n) is 3.47. The van der Waals surface area contributed by atoms with Gasteiger partial charge in [-0.1, -0.05) is 18.6 Å². The van der Waals surface area contributed by atoms with Gasteiger partial charge in [0.25, 0.3) is 0 Å². The number of hydrogen-bond acceptors (Lipinski definition) is 2. The second kappa shape index (κ2) is 5.35. The zero-order chi connectivity index (χ0) is 14.2. The number of amides is 2.